The number of likely N-dealkylation sites (tertiary alicyclic amines) is 1. The Kier molecular flexibility index (Phi) is 7.84. The minimum atomic E-state index is -3.41. The van der Waals surface area contributed by atoms with Crippen molar-refractivity contribution in [1.82, 2.24) is 14.1 Å². The van der Waals surface area contributed by atoms with Crippen LogP contribution >= 0.6 is 0 Å². The van der Waals surface area contributed by atoms with Gasteiger partial charge in [-0.15, -0.1) is 0 Å². The second kappa shape index (κ2) is 11.0. The number of sulfonamides is 1. The van der Waals surface area contributed by atoms with E-state index in [0.717, 1.165) is 5.56 Å². The molecule has 0 bridgehead atoms. The Morgan fingerprint density at radius 3 is 2.00 bits per heavy atom. The van der Waals surface area contributed by atoms with Crippen molar-refractivity contribution < 1.29 is 22.7 Å². The van der Waals surface area contributed by atoms with Gasteiger partial charge in [0.2, 0.25) is 15.9 Å². The number of piperidine rings is 1. The Hall–Kier alpha value is -2.91. The van der Waals surface area contributed by atoms with Crippen LogP contribution in [0, 0.1) is 5.92 Å². The maximum absolute atomic E-state index is 13.0. The number of ether oxygens (including phenoxy) is 1. The average Bonchev–Trinajstić information content (AvgIpc) is 2.88. The molecule has 0 radical (unpaired) electrons. The molecule has 2 amide bonds. The van der Waals surface area contributed by atoms with E-state index >= 15 is 0 Å². The smallest absolute Gasteiger partial charge is 0.260 e. The molecule has 2 aromatic carbocycles. The first-order chi connectivity index (χ1) is 16.4. The van der Waals surface area contributed by atoms with Gasteiger partial charge in [0.25, 0.3) is 5.91 Å². The van der Waals surface area contributed by atoms with Gasteiger partial charge in [0.1, 0.15) is 5.75 Å². The fraction of sp³-hybridized carbons (Fsp3) is 0.440. The molecule has 4 rings (SSSR count). The summed E-state index contributed by atoms with van der Waals surface area (Å²) in [5.41, 5.74) is 0.761. The van der Waals surface area contributed by atoms with Crippen molar-refractivity contribution in [1.29, 1.82) is 0 Å². The maximum Gasteiger partial charge on any atom is 0.260 e. The predicted molar refractivity (Wildman–Crippen MR) is 128 cm³/mol. The lowest BCUT2D eigenvalue weighted by Gasteiger charge is -2.38. The summed E-state index contributed by atoms with van der Waals surface area (Å²) in [6.07, 6.45) is 1.23. The van der Waals surface area contributed by atoms with Gasteiger partial charge in [-0.05, 0) is 30.5 Å². The van der Waals surface area contributed by atoms with E-state index in [1.807, 2.05) is 60.7 Å². The normalized spacial score (nSPS) is 18.0. The minimum Gasteiger partial charge on any atom is -0.484 e. The molecule has 0 saturated carbocycles. The molecule has 9 heteroatoms. The third kappa shape index (κ3) is 6.15. The van der Waals surface area contributed by atoms with Gasteiger partial charge in [0.15, 0.2) is 6.61 Å². The van der Waals surface area contributed by atoms with E-state index in [0.29, 0.717) is 57.9 Å². The van der Waals surface area contributed by atoms with Crippen LogP contribution in [0.15, 0.2) is 60.7 Å². The number of carbonyl (C=O) groups excluding carboxylic acids is 2. The Morgan fingerprint density at radius 1 is 0.794 bits per heavy atom. The standard InChI is InChI=1S/C25H31N3O5S/c29-24(19-33-23-9-5-2-6-10-23)26-13-11-22(12-14-26)25(30)27-15-17-28(18-16-27)34(31,32)20-21-7-3-1-4-8-21/h1-10,22H,11-20H2. The van der Waals surface area contributed by atoms with Gasteiger partial charge in [-0.25, -0.2) is 8.42 Å². The van der Waals surface area contributed by atoms with Crippen molar-refractivity contribution in [2.45, 2.75) is 18.6 Å². The molecule has 0 spiro atoms. The highest BCUT2D eigenvalue weighted by molar-refractivity contribution is 7.88. The maximum atomic E-state index is 13.0. The Bertz CT molecular complexity index is 1060. The minimum absolute atomic E-state index is 0.0119. The molecule has 0 aliphatic carbocycles. The van der Waals surface area contributed by atoms with Gasteiger partial charge in [-0.3, -0.25) is 9.59 Å². The van der Waals surface area contributed by atoms with Gasteiger partial charge >= 0.3 is 0 Å². The van der Waals surface area contributed by atoms with Crippen molar-refractivity contribution in [3.63, 3.8) is 0 Å². The molecule has 2 aliphatic rings. The van der Waals surface area contributed by atoms with Crippen molar-refractivity contribution in [2.24, 2.45) is 5.92 Å². The van der Waals surface area contributed by atoms with Crippen LogP contribution in [0.5, 0.6) is 5.75 Å². The van der Waals surface area contributed by atoms with Crippen LogP contribution in [0.4, 0.5) is 0 Å². The molecule has 2 fully saturated rings. The van der Waals surface area contributed by atoms with E-state index in [9.17, 15) is 18.0 Å². The zero-order chi connectivity index (χ0) is 24.0. The van der Waals surface area contributed by atoms with E-state index in [-0.39, 0.29) is 30.1 Å². The summed E-state index contributed by atoms with van der Waals surface area (Å²) in [6, 6.07) is 18.4. The number of hydrogen-bond donors (Lipinski definition) is 0. The number of hydrogen-bond acceptors (Lipinski definition) is 5. The lowest BCUT2D eigenvalue weighted by molar-refractivity contribution is -0.142. The summed E-state index contributed by atoms with van der Waals surface area (Å²) in [7, 11) is -3.41. The topological polar surface area (TPSA) is 87.2 Å². The molecular weight excluding hydrogens is 454 g/mol. The summed E-state index contributed by atoms with van der Waals surface area (Å²) in [5, 5.41) is 0. The van der Waals surface area contributed by atoms with Crippen molar-refractivity contribution in [3.05, 3.63) is 66.2 Å². The largest absolute Gasteiger partial charge is 0.484 e. The summed E-state index contributed by atoms with van der Waals surface area (Å²) in [6.45, 7) is 2.47. The lowest BCUT2D eigenvalue weighted by Crippen LogP contribution is -2.53. The molecule has 2 aromatic rings. The number of nitrogens with zero attached hydrogens (tertiary/aromatic N) is 3. The molecule has 0 aromatic heterocycles. The molecule has 34 heavy (non-hydrogen) atoms. The van der Waals surface area contributed by atoms with Crippen LogP contribution in [0.2, 0.25) is 0 Å². The highest BCUT2D eigenvalue weighted by Gasteiger charge is 2.34. The second-order valence-corrected chi connectivity index (χ2v) is 10.7. The molecule has 2 saturated heterocycles. The van der Waals surface area contributed by atoms with E-state index in [4.69, 9.17) is 4.74 Å². The van der Waals surface area contributed by atoms with Crippen LogP contribution in [0.3, 0.4) is 0 Å². The first-order valence-corrected chi connectivity index (χ1v) is 13.3. The molecule has 0 unspecified atom stereocenters. The summed E-state index contributed by atoms with van der Waals surface area (Å²) < 4.78 is 32.5. The number of benzene rings is 2. The zero-order valence-electron chi connectivity index (χ0n) is 19.2. The number of carbonyl (C=O) groups is 2. The quantitative estimate of drug-likeness (QED) is 0.599. The lowest BCUT2D eigenvalue weighted by atomic mass is 9.95. The van der Waals surface area contributed by atoms with Gasteiger partial charge in [0, 0.05) is 45.2 Å². The van der Waals surface area contributed by atoms with E-state index in [1.54, 1.807) is 9.80 Å². The van der Waals surface area contributed by atoms with Crippen LogP contribution in [-0.4, -0.2) is 80.2 Å². The van der Waals surface area contributed by atoms with Gasteiger partial charge < -0.3 is 14.5 Å². The number of rotatable bonds is 7. The molecule has 182 valence electrons. The SMILES string of the molecule is O=C(COc1ccccc1)N1CCC(C(=O)N2CCN(S(=O)(=O)Cc3ccccc3)CC2)CC1. The first-order valence-electron chi connectivity index (χ1n) is 11.7. The fourth-order valence-corrected chi connectivity index (χ4v) is 5.97. The Morgan fingerprint density at radius 2 is 1.38 bits per heavy atom. The van der Waals surface area contributed by atoms with E-state index in [2.05, 4.69) is 0 Å². The molecule has 0 atom stereocenters. The Balaban J connectivity index is 1.21. The van der Waals surface area contributed by atoms with Crippen LogP contribution < -0.4 is 4.74 Å². The van der Waals surface area contributed by atoms with E-state index < -0.39 is 10.0 Å². The third-order valence-corrected chi connectivity index (χ3v) is 8.29. The Labute approximate surface area is 201 Å². The summed E-state index contributed by atoms with van der Waals surface area (Å²) >= 11 is 0. The molecular formula is C25H31N3O5S. The van der Waals surface area contributed by atoms with Crippen LogP contribution in [0.1, 0.15) is 18.4 Å². The molecule has 2 heterocycles. The third-order valence-electron chi connectivity index (χ3n) is 6.44. The number of piperazine rings is 1. The van der Waals surface area contributed by atoms with Gasteiger partial charge in [-0.1, -0.05) is 48.5 Å². The summed E-state index contributed by atoms with van der Waals surface area (Å²) in [4.78, 5) is 29.0. The monoisotopic (exact) mass is 485 g/mol. The predicted octanol–water partition coefficient (Wildman–Crippen LogP) is 1.98. The molecule has 0 N–H and O–H groups in total. The van der Waals surface area contributed by atoms with Crippen LogP contribution in [0.25, 0.3) is 0 Å². The summed E-state index contributed by atoms with van der Waals surface area (Å²) in [5.74, 6) is 0.486. The van der Waals surface area contributed by atoms with Gasteiger partial charge in [0.05, 0.1) is 5.75 Å². The fourth-order valence-electron chi connectivity index (χ4n) is 4.45. The van der Waals surface area contributed by atoms with E-state index in [1.165, 1.54) is 4.31 Å². The van der Waals surface area contributed by atoms with Gasteiger partial charge in [-0.2, -0.15) is 4.31 Å². The van der Waals surface area contributed by atoms with Crippen molar-refractivity contribution >= 4 is 21.8 Å². The second-order valence-electron chi connectivity index (χ2n) is 8.72. The van der Waals surface area contributed by atoms with Crippen molar-refractivity contribution in [2.75, 3.05) is 45.9 Å². The van der Waals surface area contributed by atoms with Crippen LogP contribution in [-0.2, 0) is 25.4 Å². The number of amides is 2. The highest BCUT2D eigenvalue weighted by atomic mass is 32.2. The van der Waals surface area contributed by atoms with Crippen molar-refractivity contribution in [3.8, 4) is 5.75 Å². The first kappa shape index (κ1) is 24.2. The highest BCUT2D eigenvalue weighted by Crippen LogP contribution is 2.22. The zero-order valence-corrected chi connectivity index (χ0v) is 20.0. The number of para-hydroxylation sites is 1. The molecule has 2 aliphatic heterocycles. The molecule has 8 nitrogen and oxygen atoms in total. The average molecular weight is 486 g/mol.